The van der Waals surface area contributed by atoms with E-state index in [0.717, 1.165) is 0 Å². The van der Waals surface area contributed by atoms with Crippen LogP contribution in [-0.4, -0.2) is 24.0 Å². The average Bonchev–Trinajstić information content (AvgIpc) is 2.48. The zero-order valence-corrected chi connectivity index (χ0v) is 11.2. The molecule has 0 aliphatic heterocycles. The van der Waals surface area contributed by atoms with Gasteiger partial charge in [-0.3, -0.25) is 4.79 Å². The predicted molar refractivity (Wildman–Crippen MR) is 74.1 cm³/mol. The first-order chi connectivity index (χ1) is 9.52. The van der Waals surface area contributed by atoms with Crippen molar-refractivity contribution in [2.75, 3.05) is 7.11 Å². The summed E-state index contributed by atoms with van der Waals surface area (Å²) in [4.78, 5) is 23.6. The van der Waals surface area contributed by atoms with Crippen molar-refractivity contribution < 1.29 is 19.4 Å². The number of methoxy groups -OCH3 is 1. The standard InChI is InChI=1S/C16H14O4/c1-10-9-13(7-8-14(10)17)15(18)11-3-5-12(6-4-11)16(19)20-2/h3-9,17H,1-2H3. The van der Waals surface area contributed by atoms with Gasteiger partial charge in [0.15, 0.2) is 5.78 Å². The number of ketones is 1. The zero-order valence-electron chi connectivity index (χ0n) is 11.2. The fraction of sp³-hybridized carbons (Fsp3) is 0.125. The van der Waals surface area contributed by atoms with E-state index >= 15 is 0 Å². The Kier molecular flexibility index (Phi) is 3.84. The summed E-state index contributed by atoms with van der Waals surface area (Å²) in [6, 6.07) is 10.9. The number of hydrogen-bond donors (Lipinski definition) is 1. The van der Waals surface area contributed by atoms with Crippen LogP contribution < -0.4 is 0 Å². The third-order valence-electron chi connectivity index (χ3n) is 3.03. The molecule has 1 N–H and O–H groups in total. The molecular weight excluding hydrogens is 256 g/mol. The fourth-order valence-corrected chi connectivity index (χ4v) is 1.84. The van der Waals surface area contributed by atoms with Crippen molar-refractivity contribution >= 4 is 11.8 Å². The second-order valence-corrected chi connectivity index (χ2v) is 4.40. The number of phenolic OH excluding ortho intramolecular Hbond substituents is 1. The molecule has 0 unspecified atom stereocenters. The summed E-state index contributed by atoms with van der Waals surface area (Å²) in [7, 11) is 1.31. The Morgan fingerprint density at radius 2 is 1.50 bits per heavy atom. The summed E-state index contributed by atoms with van der Waals surface area (Å²) >= 11 is 0. The molecule has 0 bridgehead atoms. The zero-order chi connectivity index (χ0) is 14.7. The molecule has 0 aliphatic carbocycles. The molecule has 20 heavy (non-hydrogen) atoms. The maximum Gasteiger partial charge on any atom is 0.337 e. The summed E-state index contributed by atoms with van der Waals surface area (Å²) in [5.41, 5.74) is 2.00. The Hall–Kier alpha value is -2.62. The number of benzene rings is 2. The minimum absolute atomic E-state index is 0.155. The summed E-state index contributed by atoms with van der Waals surface area (Å²) in [5, 5.41) is 9.46. The minimum Gasteiger partial charge on any atom is -0.508 e. The van der Waals surface area contributed by atoms with Crippen molar-refractivity contribution in [3.8, 4) is 5.75 Å². The molecular formula is C16H14O4. The van der Waals surface area contributed by atoms with Crippen molar-refractivity contribution in [2.45, 2.75) is 6.92 Å². The Labute approximate surface area is 116 Å². The summed E-state index contributed by atoms with van der Waals surface area (Å²) < 4.78 is 4.60. The number of carbonyl (C=O) groups is 2. The van der Waals surface area contributed by atoms with E-state index in [-0.39, 0.29) is 11.5 Å². The molecule has 2 rings (SSSR count). The van der Waals surface area contributed by atoms with E-state index in [1.807, 2.05) is 0 Å². The molecule has 0 saturated heterocycles. The number of rotatable bonds is 3. The Balaban J connectivity index is 2.29. The van der Waals surface area contributed by atoms with Gasteiger partial charge in [-0.2, -0.15) is 0 Å². The molecule has 2 aromatic rings. The molecule has 102 valence electrons. The lowest BCUT2D eigenvalue weighted by Gasteiger charge is -2.05. The quantitative estimate of drug-likeness (QED) is 0.688. The van der Waals surface area contributed by atoms with Crippen LogP contribution in [0.15, 0.2) is 42.5 Å². The maximum absolute atomic E-state index is 12.3. The number of ether oxygens (including phenoxy) is 1. The molecule has 0 spiro atoms. The number of aromatic hydroxyl groups is 1. The van der Waals surface area contributed by atoms with Crippen LogP contribution >= 0.6 is 0 Å². The largest absolute Gasteiger partial charge is 0.508 e. The van der Waals surface area contributed by atoms with E-state index in [9.17, 15) is 14.7 Å². The Bertz CT molecular complexity index is 657. The molecule has 0 saturated carbocycles. The predicted octanol–water partition coefficient (Wildman–Crippen LogP) is 2.72. The first-order valence-corrected chi connectivity index (χ1v) is 6.05. The molecule has 0 radical (unpaired) electrons. The van der Waals surface area contributed by atoms with Crippen molar-refractivity contribution in [1.82, 2.24) is 0 Å². The number of aryl methyl sites for hydroxylation is 1. The Morgan fingerprint density at radius 1 is 0.950 bits per heavy atom. The van der Waals surface area contributed by atoms with Crippen LogP contribution in [0.2, 0.25) is 0 Å². The number of carbonyl (C=O) groups excluding carboxylic acids is 2. The van der Waals surface area contributed by atoms with Gasteiger partial charge in [0.2, 0.25) is 0 Å². The van der Waals surface area contributed by atoms with Gasteiger partial charge in [0.1, 0.15) is 5.75 Å². The monoisotopic (exact) mass is 270 g/mol. The van der Waals surface area contributed by atoms with Gasteiger partial charge in [-0.1, -0.05) is 12.1 Å². The second kappa shape index (κ2) is 5.57. The smallest absolute Gasteiger partial charge is 0.337 e. The number of hydrogen-bond acceptors (Lipinski definition) is 4. The topological polar surface area (TPSA) is 63.6 Å². The molecule has 4 nitrogen and oxygen atoms in total. The van der Waals surface area contributed by atoms with Gasteiger partial charge in [0, 0.05) is 11.1 Å². The highest BCUT2D eigenvalue weighted by molar-refractivity contribution is 6.09. The van der Waals surface area contributed by atoms with Gasteiger partial charge in [0.05, 0.1) is 12.7 Å². The lowest BCUT2D eigenvalue weighted by atomic mass is 10.0. The van der Waals surface area contributed by atoms with E-state index in [1.165, 1.54) is 13.2 Å². The highest BCUT2D eigenvalue weighted by atomic mass is 16.5. The molecule has 4 heteroatoms. The van der Waals surface area contributed by atoms with Crippen LogP contribution in [-0.2, 0) is 4.74 Å². The lowest BCUT2D eigenvalue weighted by Crippen LogP contribution is -2.04. The SMILES string of the molecule is COC(=O)c1ccc(C(=O)c2ccc(O)c(C)c2)cc1. The van der Waals surface area contributed by atoms with E-state index in [2.05, 4.69) is 4.74 Å². The van der Waals surface area contributed by atoms with Gasteiger partial charge < -0.3 is 9.84 Å². The minimum atomic E-state index is -0.440. The van der Waals surface area contributed by atoms with E-state index in [0.29, 0.717) is 22.3 Å². The highest BCUT2D eigenvalue weighted by Crippen LogP contribution is 2.19. The van der Waals surface area contributed by atoms with Crippen molar-refractivity contribution in [1.29, 1.82) is 0 Å². The average molecular weight is 270 g/mol. The molecule has 0 amide bonds. The van der Waals surface area contributed by atoms with Crippen LogP contribution in [0.25, 0.3) is 0 Å². The number of esters is 1. The fourth-order valence-electron chi connectivity index (χ4n) is 1.84. The third-order valence-corrected chi connectivity index (χ3v) is 3.03. The first-order valence-electron chi connectivity index (χ1n) is 6.05. The molecule has 0 aromatic heterocycles. The molecule has 0 fully saturated rings. The lowest BCUT2D eigenvalue weighted by molar-refractivity contribution is 0.0600. The molecule has 0 atom stereocenters. The van der Waals surface area contributed by atoms with Gasteiger partial charge in [-0.25, -0.2) is 4.79 Å². The molecule has 0 aliphatic rings. The van der Waals surface area contributed by atoms with E-state index < -0.39 is 5.97 Å². The maximum atomic E-state index is 12.3. The first kappa shape index (κ1) is 13.8. The van der Waals surface area contributed by atoms with Gasteiger partial charge >= 0.3 is 5.97 Å². The third kappa shape index (κ3) is 2.69. The van der Waals surface area contributed by atoms with Crippen molar-refractivity contribution in [3.05, 3.63) is 64.7 Å². The molecule has 0 heterocycles. The summed E-state index contributed by atoms with van der Waals surface area (Å²) in [6.45, 7) is 1.73. The highest BCUT2D eigenvalue weighted by Gasteiger charge is 2.12. The van der Waals surface area contributed by atoms with Crippen LogP contribution in [0.5, 0.6) is 5.75 Å². The summed E-state index contributed by atoms with van der Waals surface area (Å²) in [5.74, 6) is -0.448. The van der Waals surface area contributed by atoms with Crippen molar-refractivity contribution in [2.24, 2.45) is 0 Å². The number of phenols is 1. The van der Waals surface area contributed by atoms with Crippen LogP contribution in [0.3, 0.4) is 0 Å². The summed E-state index contributed by atoms with van der Waals surface area (Å²) in [6.07, 6.45) is 0. The Morgan fingerprint density at radius 3 is 2.05 bits per heavy atom. The molecule has 2 aromatic carbocycles. The van der Waals surface area contributed by atoms with Crippen LogP contribution in [0.1, 0.15) is 31.8 Å². The van der Waals surface area contributed by atoms with E-state index in [4.69, 9.17) is 0 Å². The van der Waals surface area contributed by atoms with E-state index in [1.54, 1.807) is 43.3 Å². The van der Waals surface area contributed by atoms with Gasteiger partial charge in [-0.15, -0.1) is 0 Å². The van der Waals surface area contributed by atoms with Crippen LogP contribution in [0, 0.1) is 6.92 Å². The second-order valence-electron chi connectivity index (χ2n) is 4.40. The van der Waals surface area contributed by atoms with Crippen molar-refractivity contribution in [3.63, 3.8) is 0 Å². The van der Waals surface area contributed by atoms with Crippen LogP contribution in [0.4, 0.5) is 0 Å². The van der Waals surface area contributed by atoms with Gasteiger partial charge in [0.25, 0.3) is 0 Å². The van der Waals surface area contributed by atoms with Gasteiger partial charge in [-0.05, 0) is 42.8 Å². The normalized spacial score (nSPS) is 10.1.